The summed E-state index contributed by atoms with van der Waals surface area (Å²) >= 11 is 0. The van der Waals surface area contributed by atoms with Gasteiger partial charge in [-0.1, -0.05) is 19.1 Å². The standard InChI is InChI=1S/C15H19N3O/c1-4-8-17-10-13(9-16)15(19)18-14-7-5-6-11(2)12(14)3/h5-7,10,17H,4,8H2,1-3H3,(H,18,19)/b13-10-. The molecule has 4 nitrogen and oxygen atoms in total. The Balaban J connectivity index is 2.81. The fourth-order valence-electron chi connectivity index (χ4n) is 1.54. The molecule has 0 unspecified atom stereocenters. The molecular formula is C15H19N3O. The number of aryl methyl sites for hydroxylation is 1. The van der Waals surface area contributed by atoms with Crippen LogP contribution >= 0.6 is 0 Å². The minimum Gasteiger partial charge on any atom is -0.390 e. The Morgan fingerprint density at radius 3 is 2.79 bits per heavy atom. The Bertz CT molecular complexity index is 527. The van der Waals surface area contributed by atoms with E-state index in [0.717, 1.165) is 29.8 Å². The molecule has 0 saturated heterocycles. The molecule has 1 aromatic rings. The lowest BCUT2D eigenvalue weighted by Crippen LogP contribution is -2.17. The minimum atomic E-state index is -0.389. The molecule has 4 heteroatoms. The number of carbonyl (C=O) groups excluding carboxylic acids is 1. The van der Waals surface area contributed by atoms with Gasteiger partial charge in [-0.3, -0.25) is 4.79 Å². The van der Waals surface area contributed by atoms with Gasteiger partial charge in [-0.15, -0.1) is 0 Å². The first-order valence-corrected chi connectivity index (χ1v) is 6.31. The quantitative estimate of drug-likeness (QED) is 0.484. The van der Waals surface area contributed by atoms with Crippen LogP contribution in [-0.4, -0.2) is 12.5 Å². The molecule has 1 rings (SSSR count). The Kier molecular flexibility index (Phi) is 5.62. The van der Waals surface area contributed by atoms with E-state index in [0.29, 0.717) is 0 Å². The van der Waals surface area contributed by atoms with Gasteiger partial charge in [-0.05, 0) is 37.5 Å². The van der Waals surface area contributed by atoms with E-state index in [1.165, 1.54) is 6.20 Å². The molecule has 0 aliphatic heterocycles. The molecule has 0 fully saturated rings. The summed E-state index contributed by atoms with van der Waals surface area (Å²) in [5.41, 5.74) is 2.93. The maximum absolute atomic E-state index is 12.0. The van der Waals surface area contributed by atoms with Crippen molar-refractivity contribution in [3.05, 3.63) is 41.1 Å². The van der Waals surface area contributed by atoms with Crippen LogP contribution in [0.5, 0.6) is 0 Å². The number of hydrogen-bond acceptors (Lipinski definition) is 3. The molecule has 0 saturated carbocycles. The highest BCUT2D eigenvalue weighted by Crippen LogP contribution is 2.18. The fourth-order valence-corrected chi connectivity index (χ4v) is 1.54. The van der Waals surface area contributed by atoms with Gasteiger partial charge >= 0.3 is 0 Å². The average Bonchev–Trinajstić information content (AvgIpc) is 2.40. The number of rotatable bonds is 5. The van der Waals surface area contributed by atoms with E-state index in [4.69, 9.17) is 5.26 Å². The molecular weight excluding hydrogens is 238 g/mol. The highest BCUT2D eigenvalue weighted by molar-refractivity contribution is 6.06. The van der Waals surface area contributed by atoms with E-state index in [9.17, 15) is 4.79 Å². The summed E-state index contributed by atoms with van der Waals surface area (Å²) in [7, 11) is 0. The Hall–Kier alpha value is -2.28. The topological polar surface area (TPSA) is 64.9 Å². The van der Waals surface area contributed by atoms with E-state index < -0.39 is 0 Å². The van der Waals surface area contributed by atoms with Crippen molar-refractivity contribution >= 4 is 11.6 Å². The number of nitrogens with zero attached hydrogens (tertiary/aromatic N) is 1. The lowest BCUT2D eigenvalue weighted by Gasteiger charge is -2.09. The Morgan fingerprint density at radius 2 is 2.16 bits per heavy atom. The molecule has 100 valence electrons. The first-order valence-electron chi connectivity index (χ1n) is 6.31. The molecule has 1 amide bonds. The predicted molar refractivity (Wildman–Crippen MR) is 76.5 cm³/mol. The van der Waals surface area contributed by atoms with Crippen LogP contribution in [-0.2, 0) is 4.79 Å². The summed E-state index contributed by atoms with van der Waals surface area (Å²) in [5, 5.41) is 14.7. The van der Waals surface area contributed by atoms with E-state index in [2.05, 4.69) is 10.6 Å². The van der Waals surface area contributed by atoms with Gasteiger partial charge in [-0.25, -0.2) is 0 Å². The van der Waals surface area contributed by atoms with Crippen molar-refractivity contribution in [2.24, 2.45) is 0 Å². The number of nitriles is 1. The third-order valence-electron chi connectivity index (χ3n) is 2.86. The van der Waals surface area contributed by atoms with E-state index in [-0.39, 0.29) is 11.5 Å². The summed E-state index contributed by atoms with van der Waals surface area (Å²) in [6.45, 7) is 6.68. The minimum absolute atomic E-state index is 0.0781. The van der Waals surface area contributed by atoms with Crippen molar-refractivity contribution < 1.29 is 4.79 Å². The van der Waals surface area contributed by atoms with Crippen LogP contribution in [0.2, 0.25) is 0 Å². The largest absolute Gasteiger partial charge is 0.390 e. The summed E-state index contributed by atoms with van der Waals surface area (Å²) in [6, 6.07) is 7.59. The summed E-state index contributed by atoms with van der Waals surface area (Å²) < 4.78 is 0. The number of carbonyl (C=O) groups is 1. The van der Waals surface area contributed by atoms with Gasteiger partial charge in [-0.2, -0.15) is 5.26 Å². The van der Waals surface area contributed by atoms with Gasteiger partial charge in [0.15, 0.2) is 0 Å². The first kappa shape index (κ1) is 14.8. The smallest absolute Gasteiger partial charge is 0.267 e. The van der Waals surface area contributed by atoms with Crippen LogP contribution in [0.15, 0.2) is 30.0 Å². The molecule has 0 radical (unpaired) electrons. The SMILES string of the molecule is CCCN/C=C(/C#N)C(=O)Nc1cccc(C)c1C. The van der Waals surface area contributed by atoms with Crippen LogP contribution in [0.1, 0.15) is 24.5 Å². The maximum atomic E-state index is 12.0. The van der Waals surface area contributed by atoms with Crippen molar-refractivity contribution in [3.8, 4) is 6.07 Å². The van der Waals surface area contributed by atoms with Crippen molar-refractivity contribution in [2.45, 2.75) is 27.2 Å². The molecule has 0 heterocycles. The normalized spacial score (nSPS) is 10.7. The number of nitrogens with one attached hydrogen (secondary N) is 2. The van der Waals surface area contributed by atoms with Gasteiger partial charge in [0.1, 0.15) is 11.6 Å². The second kappa shape index (κ2) is 7.22. The molecule has 0 atom stereocenters. The van der Waals surface area contributed by atoms with Crippen LogP contribution in [0, 0.1) is 25.2 Å². The predicted octanol–water partition coefficient (Wildman–Crippen LogP) is 2.65. The molecule has 1 aromatic carbocycles. The highest BCUT2D eigenvalue weighted by Gasteiger charge is 2.10. The summed E-state index contributed by atoms with van der Waals surface area (Å²) in [6.07, 6.45) is 2.40. The fraction of sp³-hybridized carbons (Fsp3) is 0.333. The summed E-state index contributed by atoms with van der Waals surface area (Å²) in [4.78, 5) is 12.0. The maximum Gasteiger partial charge on any atom is 0.267 e. The zero-order valence-electron chi connectivity index (χ0n) is 11.6. The van der Waals surface area contributed by atoms with E-state index in [1.807, 2.05) is 45.0 Å². The molecule has 2 N–H and O–H groups in total. The van der Waals surface area contributed by atoms with Gasteiger partial charge < -0.3 is 10.6 Å². The highest BCUT2D eigenvalue weighted by atomic mass is 16.1. The number of anilines is 1. The average molecular weight is 257 g/mol. The van der Waals surface area contributed by atoms with Crippen molar-refractivity contribution in [3.63, 3.8) is 0 Å². The van der Waals surface area contributed by atoms with Gasteiger partial charge in [0.2, 0.25) is 0 Å². The Morgan fingerprint density at radius 1 is 1.42 bits per heavy atom. The van der Waals surface area contributed by atoms with Crippen molar-refractivity contribution in [2.75, 3.05) is 11.9 Å². The molecule has 0 aliphatic carbocycles. The number of hydrogen-bond donors (Lipinski definition) is 2. The third-order valence-corrected chi connectivity index (χ3v) is 2.86. The molecule has 0 spiro atoms. The lowest BCUT2D eigenvalue weighted by molar-refractivity contribution is -0.112. The second-order valence-corrected chi connectivity index (χ2v) is 4.33. The Labute approximate surface area is 114 Å². The zero-order chi connectivity index (χ0) is 14.3. The van der Waals surface area contributed by atoms with Crippen molar-refractivity contribution in [1.82, 2.24) is 5.32 Å². The van der Waals surface area contributed by atoms with Crippen LogP contribution in [0.25, 0.3) is 0 Å². The lowest BCUT2D eigenvalue weighted by atomic mass is 10.1. The molecule has 19 heavy (non-hydrogen) atoms. The monoisotopic (exact) mass is 257 g/mol. The van der Waals surface area contributed by atoms with Crippen LogP contribution < -0.4 is 10.6 Å². The summed E-state index contributed by atoms with van der Waals surface area (Å²) in [5.74, 6) is -0.389. The van der Waals surface area contributed by atoms with Gasteiger partial charge in [0, 0.05) is 18.4 Å². The zero-order valence-corrected chi connectivity index (χ0v) is 11.6. The van der Waals surface area contributed by atoms with Crippen molar-refractivity contribution in [1.29, 1.82) is 5.26 Å². The van der Waals surface area contributed by atoms with Gasteiger partial charge in [0.25, 0.3) is 5.91 Å². The second-order valence-electron chi connectivity index (χ2n) is 4.33. The molecule has 0 aromatic heterocycles. The first-order chi connectivity index (χ1) is 9.10. The van der Waals surface area contributed by atoms with E-state index >= 15 is 0 Å². The van der Waals surface area contributed by atoms with Gasteiger partial charge in [0.05, 0.1) is 0 Å². The molecule has 0 bridgehead atoms. The molecule has 0 aliphatic rings. The number of amides is 1. The third kappa shape index (κ3) is 4.14. The van der Waals surface area contributed by atoms with Crippen LogP contribution in [0.4, 0.5) is 5.69 Å². The van der Waals surface area contributed by atoms with E-state index in [1.54, 1.807) is 0 Å². The number of benzene rings is 1. The van der Waals surface area contributed by atoms with Crippen LogP contribution in [0.3, 0.4) is 0 Å².